The van der Waals surface area contributed by atoms with Crippen molar-refractivity contribution in [1.82, 2.24) is 0 Å². The van der Waals surface area contributed by atoms with Crippen LogP contribution in [-0.2, 0) is 4.79 Å². The second-order valence-electron chi connectivity index (χ2n) is 7.02. The van der Waals surface area contributed by atoms with Crippen molar-refractivity contribution in [3.63, 3.8) is 0 Å². The van der Waals surface area contributed by atoms with E-state index >= 15 is 0 Å². The van der Waals surface area contributed by atoms with Crippen LogP contribution in [0.3, 0.4) is 0 Å². The van der Waals surface area contributed by atoms with Crippen molar-refractivity contribution in [2.75, 3.05) is 6.61 Å². The second-order valence-corrected chi connectivity index (χ2v) is 7.02. The van der Waals surface area contributed by atoms with Crippen LogP contribution >= 0.6 is 0 Å². The van der Waals surface area contributed by atoms with Gasteiger partial charge in [-0.3, -0.25) is 0 Å². The summed E-state index contributed by atoms with van der Waals surface area (Å²) in [5, 5.41) is 14.2. The van der Waals surface area contributed by atoms with E-state index in [1.807, 2.05) is 0 Å². The van der Waals surface area contributed by atoms with Gasteiger partial charge in [0.1, 0.15) is 6.29 Å². The van der Waals surface area contributed by atoms with E-state index in [9.17, 15) is 9.90 Å². The molecule has 0 amide bonds. The Morgan fingerprint density at radius 3 is 2.89 bits per heavy atom. The number of fused-ring (bicyclic) bond motifs is 1. The molecule has 2 aliphatic rings. The van der Waals surface area contributed by atoms with Gasteiger partial charge in [0.05, 0.1) is 12.7 Å². The maximum Gasteiger partial charge on any atom is 0.210 e. The van der Waals surface area contributed by atoms with E-state index < -0.39 is 0 Å². The number of rotatable bonds is 6. The Bertz CT molecular complexity index is 336. The second kappa shape index (κ2) is 5.92. The Morgan fingerprint density at radius 2 is 2.26 bits per heavy atom. The van der Waals surface area contributed by atoms with E-state index in [1.54, 1.807) is 0 Å². The van der Waals surface area contributed by atoms with Crippen LogP contribution in [0.1, 0.15) is 52.4 Å². The summed E-state index contributed by atoms with van der Waals surface area (Å²) in [4.78, 5) is 10.9. The van der Waals surface area contributed by atoms with E-state index in [1.165, 1.54) is 12.8 Å². The third-order valence-corrected chi connectivity index (χ3v) is 5.92. The quantitative estimate of drug-likeness (QED) is 0.729. The van der Waals surface area contributed by atoms with Crippen LogP contribution in [0.15, 0.2) is 0 Å². The zero-order valence-electron chi connectivity index (χ0n) is 13.2. The standard InChI is InChI=1S/C16H28O3/c1-11(8-12(9-17)10-18)13-5-6-14-15(19)4-3-7-16(13,14)2/h9,11-15,18-19H,3-8,10H2,1-2H3/t11-,12-,13-,14?,15+,16-/m1/s1/i19T. The van der Waals surface area contributed by atoms with E-state index in [4.69, 9.17) is 6.54 Å². The van der Waals surface area contributed by atoms with Crippen LogP contribution < -0.4 is 0 Å². The average Bonchev–Trinajstić information content (AvgIpc) is 2.81. The monoisotopic (exact) mass is 270 g/mol. The highest BCUT2D eigenvalue weighted by molar-refractivity contribution is 5.53. The molecular formula is C16H28O3. The highest BCUT2D eigenvalue weighted by Gasteiger charge is 2.52. The van der Waals surface area contributed by atoms with Crippen molar-refractivity contribution in [3.05, 3.63) is 0 Å². The number of aliphatic hydroxyl groups is 2. The van der Waals surface area contributed by atoms with E-state index in [-0.39, 0.29) is 24.0 Å². The Hall–Kier alpha value is -0.410. The van der Waals surface area contributed by atoms with Crippen LogP contribution in [0.2, 0.25) is 0 Å². The minimum absolute atomic E-state index is 0.0425. The molecule has 0 bridgehead atoms. The van der Waals surface area contributed by atoms with Gasteiger partial charge in [-0.05, 0) is 55.3 Å². The Morgan fingerprint density at radius 1 is 1.47 bits per heavy atom. The summed E-state index contributed by atoms with van der Waals surface area (Å²) in [6, 6.07) is 0. The van der Waals surface area contributed by atoms with Crippen LogP contribution in [0.25, 0.3) is 0 Å². The zero-order chi connectivity index (χ0) is 14.8. The summed E-state index contributed by atoms with van der Waals surface area (Å²) < 4.78 is 7.30. The van der Waals surface area contributed by atoms with E-state index in [0.717, 1.165) is 32.0 Å². The molecule has 0 aliphatic heterocycles. The van der Waals surface area contributed by atoms with Gasteiger partial charge in [-0.1, -0.05) is 20.3 Å². The number of hydrogen-bond donors (Lipinski definition) is 2. The highest BCUT2D eigenvalue weighted by atomic mass is 16.3. The number of aliphatic hydroxyl groups excluding tert-OH is 2. The molecule has 19 heavy (non-hydrogen) atoms. The lowest BCUT2D eigenvalue weighted by Crippen LogP contribution is -2.41. The third kappa shape index (κ3) is 2.73. The van der Waals surface area contributed by atoms with Crippen LogP contribution in [0, 0.1) is 29.1 Å². The van der Waals surface area contributed by atoms with Crippen molar-refractivity contribution < 1.29 is 15.0 Å². The molecule has 0 radical (unpaired) electrons. The summed E-state index contributed by atoms with van der Waals surface area (Å²) in [5.41, 5.74) is 0.242. The minimum atomic E-state index is -0.223. The highest BCUT2D eigenvalue weighted by Crippen LogP contribution is 2.58. The molecule has 2 fully saturated rings. The summed E-state index contributed by atoms with van der Waals surface area (Å²) >= 11 is 0. The third-order valence-electron chi connectivity index (χ3n) is 5.92. The largest absolute Gasteiger partial charge is 0.396 e. The zero-order valence-corrected chi connectivity index (χ0v) is 12.2. The number of aldehydes is 1. The number of carbonyl (C=O) groups is 1. The molecule has 110 valence electrons. The lowest BCUT2D eigenvalue weighted by Gasteiger charge is -2.45. The minimum Gasteiger partial charge on any atom is -0.396 e. The first-order valence-electron chi connectivity index (χ1n) is 8.15. The molecule has 3 heteroatoms. The lowest BCUT2D eigenvalue weighted by molar-refractivity contribution is -0.113. The first-order valence-corrected chi connectivity index (χ1v) is 7.75. The van der Waals surface area contributed by atoms with Gasteiger partial charge >= 0.3 is 0 Å². The van der Waals surface area contributed by atoms with Gasteiger partial charge in [-0.15, -0.1) is 0 Å². The van der Waals surface area contributed by atoms with Gasteiger partial charge in [-0.2, -0.15) is 0 Å². The van der Waals surface area contributed by atoms with Gasteiger partial charge in [-0.25, -0.2) is 0 Å². The predicted octanol–water partition coefficient (Wildman–Crippen LogP) is 2.40. The molecule has 0 spiro atoms. The van der Waals surface area contributed by atoms with Crippen molar-refractivity contribution in [3.8, 4) is 0 Å². The first kappa shape index (κ1) is 13.6. The van der Waals surface area contributed by atoms with Crippen molar-refractivity contribution in [2.45, 2.75) is 58.5 Å². The Labute approximate surface area is 117 Å². The summed E-state index contributed by atoms with van der Waals surface area (Å²) in [6.07, 6.45) is 7.42. The SMILES string of the molecule is [3H]O[C@H]1CCC[C@@]2(C)C1CC[C@@H]2[C@H](C)C[C@H](C=O)CO. The number of hydrogen-bond acceptors (Lipinski definition) is 3. The summed E-state index contributed by atoms with van der Waals surface area (Å²) in [5.74, 6) is 1.29. The van der Waals surface area contributed by atoms with Gasteiger partial charge < -0.3 is 15.0 Å². The molecular weight excluding hydrogens is 240 g/mol. The molecule has 2 N–H and O–H groups in total. The molecule has 0 aromatic rings. The Kier molecular flexibility index (Phi) is 4.23. The van der Waals surface area contributed by atoms with Crippen LogP contribution in [0.4, 0.5) is 0 Å². The number of carbonyl (C=O) groups excluding carboxylic acids is 1. The van der Waals surface area contributed by atoms with E-state index in [0.29, 0.717) is 17.8 Å². The normalized spacial score (nSPS) is 42.3. The van der Waals surface area contributed by atoms with Crippen LogP contribution in [0.5, 0.6) is 0 Å². The van der Waals surface area contributed by atoms with Gasteiger partial charge in [0.2, 0.25) is 1.43 Å². The van der Waals surface area contributed by atoms with Gasteiger partial charge in [0.15, 0.2) is 0 Å². The maximum atomic E-state index is 10.9. The average molecular weight is 270 g/mol. The van der Waals surface area contributed by atoms with E-state index in [2.05, 4.69) is 13.8 Å². The molecule has 0 saturated heterocycles. The fourth-order valence-corrected chi connectivity index (χ4v) is 4.91. The molecule has 0 aromatic heterocycles. The Balaban J connectivity index is 2.07. The molecule has 0 aromatic carbocycles. The predicted molar refractivity (Wildman–Crippen MR) is 74.6 cm³/mol. The first-order chi connectivity index (χ1) is 9.56. The van der Waals surface area contributed by atoms with Crippen molar-refractivity contribution >= 4 is 6.29 Å². The summed E-state index contributed by atoms with van der Waals surface area (Å²) in [6.45, 7) is 4.53. The fraction of sp³-hybridized carbons (Fsp3) is 0.938. The van der Waals surface area contributed by atoms with Crippen molar-refractivity contribution in [1.29, 1.82) is 1.43 Å². The molecule has 2 rings (SSSR count). The molecule has 2 saturated carbocycles. The lowest BCUT2D eigenvalue weighted by atomic mass is 9.61. The summed E-state index contributed by atoms with van der Waals surface area (Å²) in [7, 11) is 0. The molecule has 0 heterocycles. The molecule has 1 unspecified atom stereocenters. The fourth-order valence-electron chi connectivity index (χ4n) is 4.91. The van der Waals surface area contributed by atoms with Gasteiger partial charge in [0, 0.05) is 5.92 Å². The van der Waals surface area contributed by atoms with Gasteiger partial charge in [0.25, 0.3) is 0 Å². The smallest absolute Gasteiger partial charge is 0.210 e. The molecule has 3 nitrogen and oxygen atoms in total. The topological polar surface area (TPSA) is 57.5 Å². The molecule has 6 atom stereocenters. The van der Waals surface area contributed by atoms with Crippen molar-refractivity contribution in [2.24, 2.45) is 29.1 Å². The molecule has 2 aliphatic carbocycles. The van der Waals surface area contributed by atoms with Crippen LogP contribution in [-0.4, -0.2) is 30.6 Å². The maximum absolute atomic E-state index is 10.9.